The van der Waals surface area contributed by atoms with Gasteiger partial charge in [-0.3, -0.25) is 25.0 Å². The molecule has 1 saturated carbocycles. The van der Waals surface area contributed by atoms with Gasteiger partial charge in [-0.05, 0) is 49.8 Å². The Morgan fingerprint density at radius 3 is 2.05 bits per heavy atom. The van der Waals surface area contributed by atoms with E-state index in [0.717, 1.165) is 18.4 Å². The molecule has 1 amide bonds. The van der Waals surface area contributed by atoms with Gasteiger partial charge in [-0.2, -0.15) is 0 Å². The molecular weight excluding hydrogens is 526 g/mol. The van der Waals surface area contributed by atoms with Gasteiger partial charge in [-0.15, -0.1) is 0 Å². The van der Waals surface area contributed by atoms with E-state index >= 15 is 0 Å². The summed E-state index contributed by atoms with van der Waals surface area (Å²) in [5.41, 5.74) is 1.03. The highest BCUT2D eigenvalue weighted by molar-refractivity contribution is 6.00. The lowest BCUT2D eigenvalue weighted by atomic mass is 9.82. The van der Waals surface area contributed by atoms with Crippen LogP contribution in [-0.4, -0.2) is 44.9 Å². The average Bonchev–Trinajstić information content (AvgIpc) is 3.72. The van der Waals surface area contributed by atoms with Crippen molar-refractivity contribution >= 4 is 29.4 Å². The molecule has 0 N–H and O–H groups in total. The van der Waals surface area contributed by atoms with E-state index in [1.807, 2.05) is 0 Å². The number of carbonyl (C=O) groups excluding carboxylic acids is 3. The minimum atomic E-state index is -1.07. The molecule has 2 heterocycles. The molecule has 208 valence electrons. The minimum Gasteiger partial charge on any atom is -0.456 e. The first-order valence-corrected chi connectivity index (χ1v) is 12.7. The summed E-state index contributed by atoms with van der Waals surface area (Å²) in [5.74, 6) is -1.70. The molecule has 5 rings (SSSR count). The van der Waals surface area contributed by atoms with Gasteiger partial charge in [0.2, 0.25) is 5.91 Å². The second kappa shape index (κ2) is 10.8. The fraction of sp³-hybridized carbons (Fsp3) is 0.370. The second-order valence-corrected chi connectivity index (χ2v) is 9.86. The number of ether oxygens (including phenoxy) is 3. The van der Waals surface area contributed by atoms with Crippen molar-refractivity contribution in [2.45, 2.75) is 51.5 Å². The van der Waals surface area contributed by atoms with Crippen LogP contribution in [0.4, 0.5) is 16.2 Å². The van der Waals surface area contributed by atoms with Gasteiger partial charge in [0.05, 0.1) is 32.9 Å². The van der Waals surface area contributed by atoms with E-state index in [9.17, 15) is 34.6 Å². The standard InChI is InChI=1S/C27H25N3O10/c1-15(40-27(33)39-14-18-7-3-5-9-21(18)30(36)37)23-22-12-19(16-10-11-16)24(28(22)25(23)31)26(32)38-13-17-6-2-4-8-20(17)29(34)35/h2-9,15-16,22-23H,10-14H2,1H3/t15-,22+,23+/m0/s1. The zero-order valence-corrected chi connectivity index (χ0v) is 21.4. The number of fused-ring (bicyclic) bond motifs is 1. The Labute approximate surface area is 227 Å². The summed E-state index contributed by atoms with van der Waals surface area (Å²) in [6, 6.07) is 11.4. The zero-order chi connectivity index (χ0) is 28.6. The molecule has 2 aromatic carbocycles. The molecule has 0 unspecified atom stereocenters. The van der Waals surface area contributed by atoms with Crippen LogP contribution in [0.25, 0.3) is 0 Å². The molecule has 1 aliphatic carbocycles. The Balaban J connectivity index is 1.21. The molecule has 40 heavy (non-hydrogen) atoms. The molecule has 0 spiro atoms. The van der Waals surface area contributed by atoms with Gasteiger partial charge >= 0.3 is 12.1 Å². The number of nitrogens with zero attached hydrogens (tertiary/aromatic N) is 3. The summed E-state index contributed by atoms with van der Waals surface area (Å²) < 4.78 is 15.8. The maximum absolute atomic E-state index is 13.2. The number of para-hydroxylation sites is 2. The van der Waals surface area contributed by atoms with Crippen molar-refractivity contribution in [1.82, 2.24) is 4.90 Å². The summed E-state index contributed by atoms with van der Waals surface area (Å²) in [6.45, 7) is 0.853. The molecule has 0 radical (unpaired) electrons. The van der Waals surface area contributed by atoms with Crippen LogP contribution < -0.4 is 0 Å². The highest BCUT2D eigenvalue weighted by Gasteiger charge is 2.59. The fourth-order valence-electron chi connectivity index (χ4n) is 5.30. The number of nitro benzene ring substituents is 2. The number of rotatable bonds is 10. The number of benzene rings is 2. The number of carbonyl (C=O) groups is 3. The van der Waals surface area contributed by atoms with E-state index in [4.69, 9.17) is 14.2 Å². The number of nitro groups is 2. The molecule has 2 aliphatic heterocycles. The third-order valence-corrected chi connectivity index (χ3v) is 7.38. The first-order valence-electron chi connectivity index (χ1n) is 12.7. The number of esters is 1. The lowest BCUT2D eigenvalue weighted by molar-refractivity contribution is -0.386. The quantitative estimate of drug-likeness (QED) is 0.181. The molecule has 1 saturated heterocycles. The summed E-state index contributed by atoms with van der Waals surface area (Å²) in [4.78, 5) is 61.3. The van der Waals surface area contributed by atoms with Crippen molar-refractivity contribution in [3.8, 4) is 0 Å². The average molecular weight is 552 g/mol. The van der Waals surface area contributed by atoms with Crippen LogP contribution in [0.15, 0.2) is 59.8 Å². The lowest BCUT2D eigenvalue weighted by Gasteiger charge is -2.45. The van der Waals surface area contributed by atoms with Crippen LogP contribution in [0.1, 0.15) is 37.3 Å². The minimum absolute atomic E-state index is 0.149. The van der Waals surface area contributed by atoms with Crippen molar-refractivity contribution < 1.29 is 38.4 Å². The number of β-lactam (4-membered cyclic amide) rings is 1. The Bertz CT molecular complexity index is 1430. The Morgan fingerprint density at radius 1 is 0.950 bits per heavy atom. The molecule has 3 aliphatic rings. The van der Waals surface area contributed by atoms with E-state index < -0.39 is 45.9 Å². The van der Waals surface area contributed by atoms with Crippen LogP contribution in [0.3, 0.4) is 0 Å². The molecule has 13 nitrogen and oxygen atoms in total. The van der Waals surface area contributed by atoms with Gasteiger partial charge in [0.1, 0.15) is 25.0 Å². The largest absolute Gasteiger partial charge is 0.508 e. The topological polar surface area (TPSA) is 168 Å². The number of amides is 1. The molecule has 0 aromatic heterocycles. The Hall–Kier alpha value is -4.81. The molecule has 13 heteroatoms. The third-order valence-electron chi connectivity index (χ3n) is 7.38. The smallest absolute Gasteiger partial charge is 0.456 e. The highest BCUT2D eigenvalue weighted by Crippen LogP contribution is 2.51. The normalized spacial score (nSPS) is 20.3. The maximum Gasteiger partial charge on any atom is 0.508 e. The van der Waals surface area contributed by atoms with Crippen molar-refractivity contribution in [3.05, 3.63) is 91.2 Å². The number of hydrogen-bond acceptors (Lipinski definition) is 10. The van der Waals surface area contributed by atoms with Crippen LogP contribution >= 0.6 is 0 Å². The van der Waals surface area contributed by atoms with E-state index in [2.05, 4.69) is 0 Å². The first kappa shape index (κ1) is 26.8. The van der Waals surface area contributed by atoms with Crippen LogP contribution in [0.2, 0.25) is 0 Å². The van der Waals surface area contributed by atoms with Crippen molar-refractivity contribution in [3.63, 3.8) is 0 Å². The summed E-state index contributed by atoms with van der Waals surface area (Å²) in [6.07, 6.45) is 0.221. The first-order chi connectivity index (χ1) is 19.2. The molecule has 2 fully saturated rings. The predicted octanol–water partition coefficient (Wildman–Crippen LogP) is 4.18. The molecular formula is C27H25N3O10. The van der Waals surface area contributed by atoms with Gasteiger partial charge in [-0.1, -0.05) is 24.3 Å². The summed E-state index contributed by atoms with van der Waals surface area (Å²) in [7, 11) is 0. The fourth-order valence-corrected chi connectivity index (χ4v) is 5.30. The summed E-state index contributed by atoms with van der Waals surface area (Å²) in [5, 5.41) is 22.4. The Morgan fingerprint density at radius 2 is 1.50 bits per heavy atom. The van der Waals surface area contributed by atoms with E-state index in [0.29, 0.717) is 6.42 Å². The van der Waals surface area contributed by atoms with Crippen molar-refractivity contribution in [2.75, 3.05) is 0 Å². The molecule has 0 bridgehead atoms. The van der Waals surface area contributed by atoms with E-state index in [1.54, 1.807) is 19.1 Å². The summed E-state index contributed by atoms with van der Waals surface area (Å²) >= 11 is 0. The van der Waals surface area contributed by atoms with Crippen LogP contribution in [0.5, 0.6) is 0 Å². The van der Waals surface area contributed by atoms with Gasteiger partial charge in [0.15, 0.2) is 0 Å². The van der Waals surface area contributed by atoms with Gasteiger partial charge < -0.3 is 19.1 Å². The second-order valence-electron chi connectivity index (χ2n) is 9.86. The zero-order valence-electron chi connectivity index (χ0n) is 21.4. The lowest BCUT2D eigenvalue weighted by Crippen LogP contribution is -2.62. The van der Waals surface area contributed by atoms with Crippen LogP contribution in [0, 0.1) is 32.1 Å². The van der Waals surface area contributed by atoms with Crippen molar-refractivity contribution in [2.24, 2.45) is 11.8 Å². The van der Waals surface area contributed by atoms with E-state index in [1.165, 1.54) is 41.3 Å². The monoisotopic (exact) mass is 551 g/mol. The van der Waals surface area contributed by atoms with E-state index in [-0.39, 0.29) is 47.3 Å². The predicted molar refractivity (Wildman–Crippen MR) is 135 cm³/mol. The van der Waals surface area contributed by atoms with Crippen LogP contribution in [-0.2, 0) is 37.0 Å². The van der Waals surface area contributed by atoms with Crippen molar-refractivity contribution in [1.29, 1.82) is 0 Å². The highest BCUT2D eigenvalue weighted by atomic mass is 16.7. The molecule has 3 atom stereocenters. The van der Waals surface area contributed by atoms with Gasteiger partial charge in [0.25, 0.3) is 11.4 Å². The molecule has 2 aromatic rings. The Kier molecular flexibility index (Phi) is 7.20. The SMILES string of the molecule is C[C@H](OC(=O)OCc1ccccc1[N+](=O)[O-])[C@H]1C(=O)N2C(C(=O)OCc3ccccc3[N+](=O)[O-])=C(C3CC3)C[C@H]12. The maximum atomic E-state index is 13.2. The van der Waals surface area contributed by atoms with Gasteiger partial charge in [-0.25, -0.2) is 9.59 Å². The number of hydrogen-bond donors (Lipinski definition) is 0. The third kappa shape index (κ3) is 5.09. The van der Waals surface area contributed by atoms with Gasteiger partial charge in [0, 0.05) is 12.1 Å².